The fourth-order valence-corrected chi connectivity index (χ4v) is 9.51. The van der Waals surface area contributed by atoms with E-state index in [0.29, 0.717) is 65.3 Å². The van der Waals surface area contributed by atoms with Crippen molar-refractivity contribution in [2.24, 2.45) is 0 Å². The molecular weight excluding hydrogens is 708 g/mol. The van der Waals surface area contributed by atoms with Crippen molar-refractivity contribution in [2.45, 2.75) is 89.2 Å². The quantitative estimate of drug-likeness (QED) is 0.144. The summed E-state index contributed by atoms with van der Waals surface area (Å²) in [5.74, 6) is 1.04. The van der Waals surface area contributed by atoms with Gasteiger partial charge in [0.2, 0.25) is 0 Å². The summed E-state index contributed by atoms with van der Waals surface area (Å²) in [4.78, 5) is 29.5. The first-order valence-corrected chi connectivity index (χ1v) is 19.3. The molecule has 4 aliphatic rings. The van der Waals surface area contributed by atoms with Crippen molar-refractivity contribution >= 4 is 44.6 Å². The number of amides is 1. The van der Waals surface area contributed by atoms with Crippen LogP contribution in [-0.2, 0) is 9.47 Å². The number of nitrogens with zero attached hydrogens (tertiary/aromatic N) is 5. The Morgan fingerprint density at radius 3 is 2.58 bits per heavy atom. The van der Waals surface area contributed by atoms with Crippen molar-refractivity contribution in [2.75, 3.05) is 51.6 Å². The van der Waals surface area contributed by atoms with Crippen molar-refractivity contribution < 1.29 is 36.9 Å². The number of halogens is 2. The smallest absolute Gasteiger partial charge is 0.410 e. The maximum absolute atomic E-state index is 17.8. The number of anilines is 1. The highest BCUT2D eigenvalue weighted by Crippen LogP contribution is 2.47. The molecule has 1 amide bonds. The first-order chi connectivity index (χ1) is 26.4. The van der Waals surface area contributed by atoms with Crippen molar-refractivity contribution in [1.29, 1.82) is 0 Å². The minimum absolute atomic E-state index is 0.0236. The third kappa shape index (κ3) is 6.29. The van der Waals surface area contributed by atoms with E-state index in [1.165, 1.54) is 0 Å². The van der Waals surface area contributed by atoms with Crippen molar-refractivity contribution in [3.63, 3.8) is 0 Å². The summed E-state index contributed by atoms with van der Waals surface area (Å²) < 4.78 is 62.3. The topological polar surface area (TPSA) is 103 Å². The Labute approximate surface area is 318 Å². The van der Waals surface area contributed by atoms with Crippen molar-refractivity contribution in [3.8, 4) is 22.9 Å². The standard InChI is InChI=1S/C42H47F2N5O6/c1-24-15-32-34-36(35(44)33(37(32)54-24)31-17-29(53-23-51-5)16-25-9-6-7-10-30(25)31)45-39(52-22-42-13-8-14-48(42)19-26(43)18-42)46-38(34)47-20-27-11-12-28(21-47)49(27)40(50)55-41(2,3)4/h6-7,9-10,15-17,26-28H,8,11-14,18-23H2,1-5H3/t26-,27-,28+,42+/m1/s1. The highest BCUT2D eigenvalue weighted by Gasteiger charge is 2.50. The number of fused-ring (bicyclic) bond motifs is 7. The molecule has 290 valence electrons. The van der Waals surface area contributed by atoms with Crippen LogP contribution in [0, 0.1) is 12.7 Å². The first kappa shape index (κ1) is 35.9. The number of aromatic nitrogens is 2. The van der Waals surface area contributed by atoms with E-state index in [1.54, 1.807) is 13.2 Å². The molecule has 4 atom stereocenters. The van der Waals surface area contributed by atoms with Gasteiger partial charge in [-0.15, -0.1) is 0 Å². The number of piperazine rings is 1. The van der Waals surface area contributed by atoms with E-state index >= 15 is 4.39 Å². The van der Waals surface area contributed by atoms with E-state index in [0.717, 1.165) is 43.0 Å². The lowest BCUT2D eigenvalue weighted by molar-refractivity contribution is 0.0122. The van der Waals surface area contributed by atoms with Gasteiger partial charge >= 0.3 is 12.1 Å². The van der Waals surface area contributed by atoms with Crippen LogP contribution in [0.1, 0.15) is 58.6 Å². The number of carbonyl (C=O) groups excluding carboxylic acids is 1. The van der Waals surface area contributed by atoms with Crippen LogP contribution >= 0.6 is 0 Å². The van der Waals surface area contributed by atoms with Gasteiger partial charge < -0.3 is 28.3 Å². The zero-order valence-electron chi connectivity index (χ0n) is 32.0. The molecule has 55 heavy (non-hydrogen) atoms. The van der Waals surface area contributed by atoms with E-state index in [1.807, 2.05) is 69.0 Å². The van der Waals surface area contributed by atoms with Gasteiger partial charge in [0, 0.05) is 38.6 Å². The Morgan fingerprint density at radius 2 is 1.82 bits per heavy atom. The van der Waals surface area contributed by atoms with Crippen LogP contribution in [0.15, 0.2) is 46.9 Å². The molecule has 4 aliphatic heterocycles. The third-order valence-corrected chi connectivity index (χ3v) is 11.7. The van der Waals surface area contributed by atoms with Crippen LogP contribution in [0.5, 0.6) is 11.8 Å². The van der Waals surface area contributed by atoms with E-state index < -0.39 is 23.1 Å². The van der Waals surface area contributed by atoms with Gasteiger partial charge in [-0.2, -0.15) is 9.97 Å². The molecule has 9 rings (SSSR count). The number of benzene rings is 3. The van der Waals surface area contributed by atoms with Crippen molar-refractivity contribution in [3.05, 3.63) is 54.0 Å². The molecule has 11 nitrogen and oxygen atoms in total. The van der Waals surface area contributed by atoms with Gasteiger partial charge in [-0.25, -0.2) is 13.6 Å². The number of hydrogen-bond donors (Lipinski definition) is 0. The number of carbonyl (C=O) groups is 1. The van der Waals surface area contributed by atoms with Crippen LogP contribution in [0.25, 0.3) is 43.8 Å². The molecule has 0 N–H and O–H groups in total. The largest absolute Gasteiger partial charge is 0.468 e. The van der Waals surface area contributed by atoms with Gasteiger partial charge in [-0.1, -0.05) is 24.3 Å². The van der Waals surface area contributed by atoms with Crippen LogP contribution in [0.2, 0.25) is 0 Å². The summed E-state index contributed by atoms with van der Waals surface area (Å²) in [6, 6.07) is 13.1. The predicted molar refractivity (Wildman–Crippen MR) is 205 cm³/mol. The molecule has 5 aromatic rings. The second-order valence-electron chi connectivity index (χ2n) is 16.6. The molecular formula is C42H47F2N5O6. The van der Waals surface area contributed by atoms with Crippen LogP contribution in [0.4, 0.5) is 19.4 Å². The molecule has 4 saturated heterocycles. The van der Waals surface area contributed by atoms with Crippen molar-refractivity contribution in [1.82, 2.24) is 19.8 Å². The number of alkyl halides is 1. The van der Waals surface area contributed by atoms with E-state index in [9.17, 15) is 9.18 Å². The number of methoxy groups -OCH3 is 1. The van der Waals surface area contributed by atoms with E-state index in [-0.39, 0.29) is 48.7 Å². The van der Waals surface area contributed by atoms with Gasteiger partial charge in [0.15, 0.2) is 12.6 Å². The van der Waals surface area contributed by atoms with Gasteiger partial charge in [-0.3, -0.25) is 9.80 Å². The first-order valence-electron chi connectivity index (χ1n) is 19.3. The minimum atomic E-state index is -0.926. The van der Waals surface area contributed by atoms with Crippen LogP contribution in [-0.4, -0.2) is 102 Å². The van der Waals surface area contributed by atoms with Crippen LogP contribution < -0.4 is 14.4 Å². The molecule has 2 aromatic heterocycles. The van der Waals surface area contributed by atoms with Gasteiger partial charge in [0.25, 0.3) is 0 Å². The number of hydrogen-bond acceptors (Lipinski definition) is 10. The molecule has 0 aliphatic carbocycles. The third-order valence-electron chi connectivity index (χ3n) is 11.7. The highest BCUT2D eigenvalue weighted by molar-refractivity contribution is 6.17. The average molecular weight is 756 g/mol. The van der Waals surface area contributed by atoms with E-state index in [4.69, 9.17) is 33.3 Å². The molecule has 13 heteroatoms. The van der Waals surface area contributed by atoms with Gasteiger partial charge in [0.1, 0.15) is 46.8 Å². The molecule has 0 spiro atoms. The number of furan rings is 1. The normalized spacial score (nSPS) is 24.0. The van der Waals surface area contributed by atoms with Gasteiger partial charge in [0.05, 0.1) is 28.6 Å². The SMILES string of the molecule is COCOc1cc(-c2c(F)c3nc(OC[C@@]45CCCN4C[C@H](F)C5)nc(N4C[C@H]5CC[C@@H](C4)N5C(=O)OC(C)(C)C)c3c3cc(C)oc23)c2ccccc2c1. The lowest BCUT2D eigenvalue weighted by atomic mass is 9.94. The Hall–Kier alpha value is -4.75. The average Bonchev–Trinajstić information content (AvgIpc) is 3.87. The second-order valence-corrected chi connectivity index (χ2v) is 16.6. The second kappa shape index (κ2) is 13.5. The lowest BCUT2D eigenvalue weighted by Crippen LogP contribution is -2.57. The molecule has 3 aromatic carbocycles. The summed E-state index contributed by atoms with van der Waals surface area (Å²) in [5, 5.41) is 2.84. The van der Waals surface area contributed by atoms with Gasteiger partial charge in [-0.05, 0) is 94.5 Å². The number of rotatable bonds is 8. The summed E-state index contributed by atoms with van der Waals surface area (Å²) in [5.41, 5.74) is 0.206. The molecule has 4 fully saturated rings. The molecule has 0 unspecified atom stereocenters. The number of ether oxygens (including phenoxy) is 4. The maximum atomic E-state index is 17.8. The maximum Gasteiger partial charge on any atom is 0.410 e. The Balaban J connectivity index is 1.21. The molecule has 0 radical (unpaired) electrons. The Kier molecular flexibility index (Phi) is 8.80. The lowest BCUT2D eigenvalue weighted by Gasteiger charge is -2.42. The Bertz CT molecular complexity index is 2300. The predicted octanol–water partition coefficient (Wildman–Crippen LogP) is 8.17. The van der Waals surface area contributed by atoms with E-state index in [2.05, 4.69) is 9.80 Å². The fourth-order valence-electron chi connectivity index (χ4n) is 9.51. The highest BCUT2D eigenvalue weighted by atomic mass is 19.1. The zero-order valence-corrected chi connectivity index (χ0v) is 32.0. The summed E-state index contributed by atoms with van der Waals surface area (Å²) >= 11 is 0. The summed E-state index contributed by atoms with van der Waals surface area (Å²) in [6.45, 7) is 9.80. The van der Waals surface area contributed by atoms with Crippen LogP contribution in [0.3, 0.4) is 0 Å². The minimum Gasteiger partial charge on any atom is -0.468 e. The monoisotopic (exact) mass is 755 g/mol. The summed E-state index contributed by atoms with van der Waals surface area (Å²) in [6.07, 6.45) is 2.52. The molecule has 2 bridgehead atoms. The summed E-state index contributed by atoms with van der Waals surface area (Å²) in [7, 11) is 1.55. The zero-order chi connectivity index (χ0) is 38.2. The Morgan fingerprint density at radius 1 is 1.04 bits per heavy atom. The molecule has 0 saturated carbocycles. The molecule has 6 heterocycles. The number of aryl methyl sites for hydroxylation is 1. The fraction of sp³-hybridized carbons (Fsp3) is 0.500.